The van der Waals surface area contributed by atoms with E-state index in [1.807, 2.05) is 42.5 Å². The maximum Gasteiger partial charge on any atom is 0.289 e. The van der Waals surface area contributed by atoms with E-state index in [0.717, 1.165) is 45.8 Å². The van der Waals surface area contributed by atoms with Crippen LogP contribution in [0.5, 0.6) is 5.75 Å². The molecule has 8 heteroatoms. The number of thiazole rings is 2. The largest absolute Gasteiger partial charge is 0.497 e. The van der Waals surface area contributed by atoms with Gasteiger partial charge in [-0.1, -0.05) is 37.3 Å². The van der Waals surface area contributed by atoms with Gasteiger partial charge < -0.3 is 9.64 Å². The Morgan fingerprint density at radius 3 is 2.47 bits per heavy atom. The molecule has 2 heterocycles. The summed E-state index contributed by atoms with van der Waals surface area (Å²) in [6.45, 7) is 7.49. The van der Waals surface area contributed by atoms with Crippen LogP contribution in [0.4, 0.5) is 5.13 Å². The number of methoxy groups -OCH3 is 1. The minimum atomic E-state index is -0.102. The van der Waals surface area contributed by atoms with Crippen molar-refractivity contribution in [2.75, 3.05) is 38.2 Å². The number of likely N-dealkylation sites (N-methyl/N-ethyl adjacent to an activating group) is 1. The summed E-state index contributed by atoms with van der Waals surface area (Å²) in [7, 11) is 1.64. The molecule has 0 N–H and O–H groups in total. The Labute approximate surface area is 183 Å². The summed E-state index contributed by atoms with van der Waals surface area (Å²) < 4.78 is 7.36. The Hall–Kier alpha value is -2.55. The number of carbonyl (C=O) groups is 1. The van der Waals surface area contributed by atoms with E-state index in [2.05, 4.69) is 23.7 Å². The number of rotatable bonds is 8. The van der Waals surface area contributed by atoms with Crippen LogP contribution in [0.2, 0.25) is 0 Å². The molecule has 0 aliphatic heterocycles. The van der Waals surface area contributed by atoms with Crippen molar-refractivity contribution in [1.82, 2.24) is 14.9 Å². The van der Waals surface area contributed by atoms with Crippen LogP contribution < -0.4 is 9.64 Å². The molecule has 2 aromatic carbocycles. The Balaban J connectivity index is 1.70. The molecule has 0 saturated carbocycles. The first kappa shape index (κ1) is 20.7. The normalized spacial score (nSPS) is 11.5. The van der Waals surface area contributed by atoms with E-state index in [1.165, 1.54) is 22.7 Å². The first-order valence-electron chi connectivity index (χ1n) is 9.97. The predicted octanol–water partition coefficient (Wildman–Crippen LogP) is 4.90. The van der Waals surface area contributed by atoms with Crippen molar-refractivity contribution in [2.24, 2.45) is 0 Å². The third kappa shape index (κ3) is 4.16. The molecule has 1 amide bonds. The van der Waals surface area contributed by atoms with Crippen molar-refractivity contribution in [3.63, 3.8) is 0 Å². The van der Waals surface area contributed by atoms with E-state index in [4.69, 9.17) is 9.72 Å². The summed E-state index contributed by atoms with van der Waals surface area (Å²) in [5.74, 6) is 0.654. The van der Waals surface area contributed by atoms with Gasteiger partial charge in [0.25, 0.3) is 5.91 Å². The number of anilines is 1. The lowest BCUT2D eigenvalue weighted by Gasteiger charge is -2.24. The number of benzene rings is 2. The van der Waals surface area contributed by atoms with Crippen molar-refractivity contribution in [3.8, 4) is 5.75 Å². The van der Waals surface area contributed by atoms with Crippen LogP contribution in [-0.4, -0.2) is 54.1 Å². The molecule has 0 unspecified atom stereocenters. The molecule has 0 radical (unpaired) electrons. The average molecular weight is 441 g/mol. The molecule has 30 heavy (non-hydrogen) atoms. The van der Waals surface area contributed by atoms with E-state index < -0.39 is 0 Å². The van der Waals surface area contributed by atoms with Crippen LogP contribution in [0, 0.1) is 0 Å². The summed E-state index contributed by atoms with van der Waals surface area (Å²) >= 11 is 2.95. The zero-order valence-corrected chi connectivity index (χ0v) is 18.9. The number of amides is 1. The lowest BCUT2D eigenvalue weighted by molar-refractivity contribution is 0.0983. The van der Waals surface area contributed by atoms with E-state index in [1.54, 1.807) is 12.0 Å². The number of hydrogen-bond donors (Lipinski definition) is 0. The fourth-order valence-corrected chi connectivity index (χ4v) is 5.17. The monoisotopic (exact) mass is 440 g/mol. The molecule has 6 nitrogen and oxygen atoms in total. The number of aromatic nitrogens is 2. The molecule has 156 valence electrons. The minimum Gasteiger partial charge on any atom is -0.497 e. The first-order chi connectivity index (χ1) is 14.6. The van der Waals surface area contributed by atoms with E-state index >= 15 is 0 Å². The molecule has 0 aliphatic carbocycles. The fourth-order valence-electron chi connectivity index (χ4n) is 3.28. The summed E-state index contributed by atoms with van der Waals surface area (Å²) in [6.07, 6.45) is 0. The van der Waals surface area contributed by atoms with E-state index in [-0.39, 0.29) is 5.91 Å². The Morgan fingerprint density at radius 1 is 0.967 bits per heavy atom. The highest BCUT2D eigenvalue weighted by molar-refractivity contribution is 7.23. The number of hydrogen-bond acceptors (Lipinski definition) is 7. The second-order valence-corrected chi connectivity index (χ2v) is 8.84. The van der Waals surface area contributed by atoms with Gasteiger partial charge >= 0.3 is 0 Å². The smallest absolute Gasteiger partial charge is 0.289 e. The molecular formula is C22H24N4O2S2. The van der Waals surface area contributed by atoms with Gasteiger partial charge in [0.1, 0.15) is 5.75 Å². The van der Waals surface area contributed by atoms with Gasteiger partial charge in [0, 0.05) is 19.2 Å². The molecule has 0 atom stereocenters. The van der Waals surface area contributed by atoms with Crippen LogP contribution in [0.15, 0.2) is 42.5 Å². The second-order valence-electron chi connectivity index (χ2n) is 6.80. The molecule has 4 aromatic rings. The second kappa shape index (κ2) is 9.07. The number of fused-ring (bicyclic) bond motifs is 2. The van der Waals surface area contributed by atoms with Crippen LogP contribution in [0.25, 0.3) is 20.4 Å². The lowest BCUT2D eigenvalue weighted by Crippen LogP contribution is -2.38. The average Bonchev–Trinajstić information content (AvgIpc) is 3.39. The standard InChI is InChI=1S/C22H24N4O2S2/c1-4-25(5-2)12-13-26(21(27)20-23-16-8-6-7-9-18(16)29-20)22-24-17-14-15(28-3)10-11-19(17)30-22/h6-11,14H,4-5,12-13H2,1-3H3. The number of para-hydroxylation sites is 1. The van der Waals surface area contributed by atoms with Gasteiger partial charge in [0.2, 0.25) is 0 Å². The number of ether oxygens (including phenoxy) is 1. The van der Waals surface area contributed by atoms with Crippen molar-refractivity contribution in [1.29, 1.82) is 0 Å². The van der Waals surface area contributed by atoms with Crippen LogP contribution in [0.1, 0.15) is 23.6 Å². The Morgan fingerprint density at radius 2 is 1.73 bits per heavy atom. The third-order valence-electron chi connectivity index (χ3n) is 5.07. The highest BCUT2D eigenvalue weighted by Crippen LogP contribution is 2.33. The zero-order valence-electron chi connectivity index (χ0n) is 17.3. The topological polar surface area (TPSA) is 58.6 Å². The maximum absolute atomic E-state index is 13.5. The maximum atomic E-state index is 13.5. The molecule has 0 spiro atoms. The summed E-state index contributed by atoms with van der Waals surface area (Å²) in [6, 6.07) is 13.6. The van der Waals surface area contributed by atoms with Crippen molar-refractivity contribution >= 4 is 54.1 Å². The SMILES string of the molecule is CCN(CC)CCN(C(=O)c1nc2ccccc2s1)c1nc2cc(OC)ccc2s1. The lowest BCUT2D eigenvalue weighted by atomic mass is 10.3. The molecule has 2 aromatic heterocycles. The number of nitrogens with zero attached hydrogens (tertiary/aromatic N) is 4. The third-order valence-corrected chi connectivity index (χ3v) is 7.15. The van der Waals surface area contributed by atoms with Gasteiger partial charge in [-0.25, -0.2) is 9.97 Å². The van der Waals surface area contributed by atoms with Gasteiger partial charge in [0.05, 0.1) is 27.5 Å². The molecule has 0 fully saturated rings. The van der Waals surface area contributed by atoms with Crippen LogP contribution in [-0.2, 0) is 0 Å². The molecular weight excluding hydrogens is 416 g/mol. The molecule has 0 bridgehead atoms. The van der Waals surface area contributed by atoms with Gasteiger partial charge in [-0.05, 0) is 37.4 Å². The van der Waals surface area contributed by atoms with Gasteiger partial charge in [0.15, 0.2) is 10.1 Å². The molecule has 4 rings (SSSR count). The Kier molecular flexibility index (Phi) is 6.26. The van der Waals surface area contributed by atoms with Crippen LogP contribution >= 0.6 is 22.7 Å². The quantitative estimate of drug-likeness (QED) is 0.390. The minimum absolute atomic E-state index is 0.102. The highest BCUT2D eigenvalue weighted by Gasteiger charge is 2.24. The van der Waals surface area contributed by atoms with Crippen molar-refractivity contribution in [2.45, 2.75) is 13.8 Å². The van der Waals surface area contributed by atoms with Crippen molar-refractivity contribution < 1.29 is 9.53 Å². The summed E-state index contributed by atoms with van der Waals surface area (Å²) in [4.78, 5) is 26.9. The predicted molar refractivity (Wildman–Crippen MR) is 125 cm³/mol. The van der Waals surface area contributed by atoms with Crippen molar-refractivity contribution in [3.05, 3.63) is 47.5 Å². The van der Waals surface area contributed by atoms with Crippen LogP contribution in [0.3, 0.4) is 0 Å². The zero-order chi connectivity index (χ0) is 21.1. The molecule has 0 aliphatic rings. The summed E-state index contributed by atoms with van der Waals surface area (Å²) in [5, 5.41) is 1.18. The van der Waals surface area contributed by atoms with Gasteiger partial charge in [-0.3, -0.25) is 9.69 Å². The number of carbonyl (C=O) groups excluding carboxylic acids is 1. The first-order valence-corrected chi connectivity index (χ1v) is 11.6. The molecule has 0 saturated heterocycles. The highest BCUT2D eigenvalue weighted by atomic mass is 32.1. The van der Waals surface area contributed by atoms with E-state index in [9.17, 15) is 4.79 Å². The Bertz CT molecular complexity index is 1130. The fraction of sp³-hybridized carbons (Fsp3) is 0.318. The van der Waals surface area contributed by atoms with Gasteiger partial charge in [-0.2, -0.15) is 0 Å². The summed E-state index contributed by atoms with van der Waals surface area (Å²) in [5.41, 5.74) is 1.68. The van der Waals surface area contributed by atoms with Gasteiger partial charge in [-0.15, -0.1) is 11.3 Å². The van der Waals surface area contributed by atoms with E-state index in [0.29, 0.717) is 16.7 Å².